The van der Waals surface area contributed by atoms with Crippen molar-refractivity contribution in [3.63, 3.8) is 0 Å². The molecule has 4 heteroatoms. The molecule has 2 nitrogen and oxygen atoms in total. The molecule has 0 aliphatic rings. The molecular weight excluding hydrogens is 235 g/mol. The van der Waals surface area contributed by atoms with Crippen LogP contribution in [0.4, 0.5) is 0 Å². The minimum Gasteiger partial charge on any atom is -0.444 e. The molecule has 0 spiro atoms. The van der Waals surface area contributed by atoms with Crippen molar-refractivity contribution in [1.82, 2.24) is 0 Å². The zero-order valence-corrected chi connectivity index (χ0v) is 9.47. The van der Waals surface area contributed by atoms with Crippen molar-refractivity contribution < 1.29 is 9.53 Å². The number of esters is 1. The molecule has 1 rings (SSSR count). The van der Waals surface area contributed by atoms with Crippen LogP contribution >= 0.6 is 23.2 Å². The largest absolute Gasteiger partial charge is 0.444 e. The summed E-state index contributed by atoms with van der Waals surface area (Å²) < 4.78 is 4.90. The summed E-state index contributed by atoms with van der Waals surface area (Å²) in [6, 6.07) is 4.99. The minimum absolute atomic E-state index is 0.309. The Kier molecular flexibility index (Phi) is 4.02. The molecule has 0 amide bonds. The fourth-order valence-corrected chi connectivity index (χ4v) is 1.48. The van der Waals surface area contributed by atoms with Crippen LogP contribution in [0.2, 0.25) is 10.0 Å². The Labute approximate surface area is 98.1 Å². The summed E-state index contributed by atoms with van der Waals surface area (Å²) in [5, 5.41) is 0.685. The van der Waals surface area contributed by atoms with Gasteiger partial charge in [-0.05, 0) is 6.07 Å². The zero-order valence-electron chi connectivity index (χ0n) is 7.96. The maximum absolute atomic E-state index is 10.8. The molecular formula is C11H8Cl2O2. The maximum atomic E-state index is 10.8. The van der Waals surface area contributed by atoms with Crippen molar-refractivity contribution in [3.05, 3.63) is 33.8 Å². The Morgan fingerprint density at radius 1 is 1.53 bits per heavy atom. The summed E-state index contributed by atoms with van der Waals surface area (Å²) in [4.78, 5) is 10.8. The molecule has 1 aromatic carbocycles. The second-order valence-electron chi connectivity index (χ2n) is 2.80. The van der Waals surface area contributed by atoms with Gasteiger partial charge in [-0.25, -0.2) is 0 Å². The van der Waals surface area contributed by atoms with Crippen LogP contribution in [0.25, 0.3) is 0 Å². The third kappa shape index (κ3) is 2.89. The summed E-state index contributed by atoms with van der Waals surface area (Å²) in [7, 11) is 0. The van der Waals surface area contributed by atoms with Crippen molar-refractivity contribution in [1.29, 1.82) is 0 Å². The molecule has 1 atom stereocenters. The highest BCUT2D eigenvalue weighted by Gasteiger charge is 2.16. The Hall–Kier alpha value is -1.17. The summed E-state index contributed by atoms with van der Waals surface area (Å²) in [5.41, 5.74) is 0.516. The molecule has 0 saturated heterocycles. The van der Waals surface area contributed by atoms with Crippen molar-refractivity contribution in [2.24, 2.45) is 0 Å². The lowest BCUT2D eigenvalue weighted by Crippen LogP contribution is -2.07. The lowest BCUT2D eigenvalue weighted by atomic mass is 10.1. The van der Waals surface area contributed by atoms with Gasteiger partial charge >= 0.3 is 5.97 Å². The van der Waals surface area contributed by atoms with Crippen LogP contribution in [0, 0.1) is 12.3 Å². The molecule has 0 saturated carbocycles. The molecule has 0 aliphatic heterocycles. The van der Waals surface area contributed by atoms with Gasteiger partial charge in [-0.15, -0.1) is 6.42 Å². The van der Waals surface area contributed by atoms with E-state index in [1.165, 1.54) is 6.92 Å². The van der Waals surface area contributed by atoms with E-state index < -0.39 is 12.1 Å². The van der Waals surface area contributed by atoms with Crippen LogP contribution in [0.1, 0.15) is 18.6 Å². The van der Waals surface area contributed by atoms with Gasteiger partial charge in [-0.2, -0.15) is 0 Å². The standard InChI is InChI=1S/C11H8Cl2O2/c1-3-10(15-7(2)14)8-5-4-6-9(12)11(8)13/h1,4-6,10H,2H3/t10-/m1/s1. The summed E-state index contributed by atoms with van der Waals surface area (Å²) >= 11 is 11.7. The minimum atomic E-state index is -0.798. The van der Waals surface area contributed by atoms with E-state index in [1.807, 2.05) is 0 Å². The molecule has 0 fully saturated rings. The van der Waals surface area contributed by atoms with Crippen LogP contribution in [-0.4, -0.2) is 5.97 Å². The first-order chi connectivity index (χ1) is 7.06. The molecule has 0 N–H and O–H groups in total. The number of benzene rings is 1. The van der Waals surface area contributed by atoms with Gasteiger partial charge in [0.05, 0.1) is 10.0 Å². The molecule has 0 heterocycles. The van der Waals surface area contributed by atoms with Gasteiger partial charge in [-0.1, -0.05) is 41.3 Å². The third-order valence-corrected chi connectivity index (χ3v) is 2.53. The van der Waals surface area contributed by atoms with E-state index >= 15 is 0 Å². The lowest BCUT2D eigenvalue weighted by molar-refractivity contribution is -0.144. The monoisotopic (exact) mass is 242 g/mol. The van der Waals surface area contributed by atoms with E-state index in [1.54, 1.807) is 18.2 Å². The summed E-state index contributed by atoms with van der Waals surface area (Å²) in [6.45, 7) is 1.28. The van der Waals surface area contributed by atoms with Crippen molar-refractivity contribution in [2.75, 3.05) is 0 Å². The third-order valence-electron chi connectivity index (χ3n) is 1.70. The molecule has 0 radical (unpaired) electrons. The van der Waals surface area contributed by atoms with E-state index in [4.69, 9.17) is 34.4 Å². The Balaban J connectivity index is 3.08. The highest BCUT2D eigenvalue weighted by molar-refractivity contribution is 6.42. The Morgan fingerprint density at radius 3 is 2.73 bits per heavy atom. The normalized spacial score (nSPS) is 11.6. The summed E-state index contributed by atoms with van der Waals surface area (Å²) in [5.74, 6) is 1.87. The van der Waals surface area contributed by atoms with Crippen molar-refractivity contribution >= 4 is 29.2 Å². The van der Waals surface area contributed by atoms with Crippen LogP contribution in [0.3, 0.4) is 0 Å². The SMILES string of the molecule is C#C[C@@H](OC(C)=O)c1cccc(Cl)c1Cl. The number of rotatable bonds is 2. The quantitative estimate of drug-likeness (QED) is 0.588. The Bertz CT molecular complexity index is 421. The highest BCUT2D eigenvalue weighted by atomic mass is 35.5. The molecule has 0 unspecified atom stereocenters. The van der Waals surface area contributed by atoms with Crippen LogP contribution in [0.15, 0.2) is 18.2 Å². The smallest absolute Gasteiger partial charge is 0.304 e. The fourth-order valence-electron chi connectivity index (χ4n) is 1.08. The maximum Gasteiger partial charge on any atom is 0.304 e. The van der Waals surface area contributed by atoms with E-state index in [0.717, 1.165) is 0 Å². The topological polar surface area (TPSA) is 26.3 Å². The van der Waals surface area contributed by atoms with Gasteiger partial charge in [0.1, 0.15) is 0 Å². The predicted molar refractivity (Wildman–Crippen MR) is 59.8 cm³/mol. The van der Waals surface area contributed by atoms with Gasteiger partial charge in [0.15, 0.2) is 6.10 Å². The summed E-state index contributed by atoms with van der Waals surface area (Å²) in [6.07, 6.45) is 4.45. The average Bonchev–Trinajstić information content (AvgIpc) is 2.19. The first kappa shape index (κ1) is 11.9. The first-order valence-corrected chi connectivity index (χ1v) is 4.89. The number of carbonyl (C=O) groups is 1. The lowest BCUT2D eigenvalue weighted by Gasteiger charge is -2.13. The van der Waals surface area contributed by atoms with Crippen LogP contribution in [-0.2, 0) is 9.53 Å². The van der Waals surface area contributed by atoms with Gasteiger partial charge in [0, 0.05) is 12.5 Å². The number of hydrogen-bond acceptors (Lipinski definition) is 2. The number of halogens is 2. The van der Waals surface area contributed by atoms with E-state index in [0.29, 0.717) is 15.6 Å². The molecule has 0 aliphatic carbocycles. The first-order valence-electron chi connectivity index (χ1n) is 4.13. The average molecular weight is 243 g/mol. The molecule has 78 valence electrons. The van der Waals surface area contributed by atoms with Gasteiger partial charge < -0.3 is 4.74 Å². The number of ether oxygens (including phenoxy) is 1. The van der Waals surface area contributed by atoms with Gasteiger partial charge in [0.25, 0.3) is 0 Å². The second kappa shape index (κ2) is 5.06. The fraction of sp³-hybridized carbons (Fsp3) is 0.182. The van der Waals surface area contributed by atoms with Gasteiger partial charge in [0.2, 0.25) is 0 Å². The van der Waals surface area contributed by atoms with E-state index in [9.17, 15) is 4.79 Å². The van der Waals surface area contributed by atoms with E-state index in [-0.39, 0.29) is 0 Å². The highest BCUT2D eigenvalue weighted by Crippen LogP contribution is 2.31. The van der Waals surface area contributed by atoms with Crippen molar-refractivity contribution in [3.8, 4) is 12.3 Å². The Morgan fingerprint density at radius 2 is 2.20 bits per heavy atom. The zero-order chi connectivity index (χ0) is 11.4. The molecule has 0 bridgehead atoms. The van der Waals surface area contributed by atoms with Gasteiger partial charge in [-0.3, -0.25) is 4.79 Å². The number of terminal acetylenes is 1. The number of carbonyl (C=O) groups excluding carboxylic acids is 1. The van der Waals surface area contributed by atoms with Crippen LogP contribution in [0.5, 0.6) is 0 Å². The predicted octanol–water partition coefficient (Wildman–Crippen LogP) is 3.23. The van der Waals surface area contributed by atoms with E-state index in [2.05, 4.69) is 5.92 Å². The van der Waals surface area contributed by atoms with Crippen molar-refractivity contribution in [2.45, 2.75) is 13.0 Å². The molecule has 1 aromatic rings. The second-order valence-corrected chi connectivity index (χ2v) is 3.58. The number of hydrogen-bond donors (Lipinski definition) is 0. The molecule has 0 aromatic heterocycles. The molecule has 15 heavy (non-hydrogen) atoms. The van der Waals surface area contributed by atoms with Crippen LogP contribution < -0.4 is 0 Å².